The van der Waals surface area contributed by atoms with Crippen LogP contribution in [0.15, 0.2) is 27.4 Å². The van der Waals surface area contributed by atoms with Crippen molar-refractivity contribution in [3.05, 3.63) is 34.2 Å². The molecule has 0 aliphatic carbocycles. The summed E-state index contributed by atoms with van der Waals surface area (Å²) in [6.07, 6.45) is 7.23. The normalized spacial score (nSPS) is 12.2. The van der Waals surface area contributed by atoms with E-state index >= 15 is 0 Å². The Morgan fingerprint density at radius 1 is 0.970 bits per heavy atom. The number of esters is 1. The molecule has 1 aromatic heterocycles. The van der Waals surface area contributed by atoms with Crippen LogP contribution in [-0.2, 0) is 14.9 Å². The van der Waals surface area contributed by atoms with Gasteiger partial charge in [0.1, 0.15) is 0 Å². The van der Waals surface area contributed by atoms with Crippen LogP contribution >= 0.6 is 0 Å². The second kappa shape index (κ2) is 12.3. The summed E-state index contributed by atoms with van der Waals surface area (Å²) in [7, 11) is 3.01. The van der Waals surface area contributed by atoms with E-state index in [1.54, 1.807) is 21.0 Å². The van der Waals surface area contributed by atoms with Crippen LogP contribution in [0.3, 0.4) is 0 Å². The summed E-state index contributed by atoms with van der Waals surface area (Å²) in [6.45, 7) is 10.2. The molecule has 5 nitrogen and oxygen atoms in total. The fraction of sp³-hybridized carbons (Fsp3) is 0.630. The molecule has 0 atom stereocenters. The molecule has 0 fully saturated rings. The number of hydrogen-bond donors (Lipinski definition) is 0. The maximum atomic E-state index is 13.4. The van der Waals surface area contributed by atoms with Gasteiger partial charge >= 0.3 is 204 Å². The predicted octanol–water partition coefficient (Wildman–Crippen LogP) is 6.31. The van der Waals surface area contributed by atoms with Gasteiger partial charge in [0.25, 0.3) is 0 Å². The van der Waals surface area contributed by atoms with Gasteiger partial charge in [0.2, 0.25) is 0 Å². The minimum atomic E-state index is -2.85. The summed E-state index contributed by atoms with van der Waals surface area (Å²) in [5.74, 6) is 0.574. The first-order valence-corrected chi connectivity index (χ1v) is 19.9. The van der Waals surface area contributed by atoms with E-state index in [-0.39, 0.29) is 5.43 Å². The molecule has 2 aromatic rings. The van der Waals surface area contributed by atoms with Crippen molar-refractivity contribution in [1.29, 1.82) is 0 Å². The van der Waals surface area contributed by atoms with Crippen molar-refractivity contribution in [2.45, 2.75) is 91.9 Å². The molecule has 6 heteroatoms. The average molecular weight is 565 g/mol. The van der Waals surface area contributed by atoms with Gasteiger partial charge in [-0.15, -0.1) is 0 Å². The van der Waals surface area contributed by atoms with Gasteiger partial charge in [-0.25, -0.2) is 0 Å². The van der Waals surface area contributed by atoms with Gasteiger partial charge < -0.3 is 0 Å². The van der Waals surface area contributed by atoms with Crippen LogP contribution in [-0.4, -0.2) is 38.6 Å². The first kappa shape index (κ1) is 27.7. The van der Waals surface area contributed by atoms with Crippen LogP contribution in [0.4, 0.5) is 0 Å². The summed E-state index contributed by atoms with van der Waals surface area (Å²) in [5, 5.41) is 0.505. The molecule has 0 aliphatic heterocycles. The van der Waals surface area contributed by atoms with Crippen molar-refractivity contribution in [2.75, 3.05) is 14.2 Å². The fourth-order valence-electron chi connectivity index (χ4n) is 4.84. The first-order valence-electron chi connectivity index (χ1n) is 12.5. The van der Waals surface area contributed by atoms with Crippen molar-refractivity contribution in [1.82, 2.24) is 0 Å². The Labute approximate surface area is 203 Å². The molecule has 0 saturated heterocycles. The first-order chi connectivity index (χ1) is 15.7. The number of unbranched alkanes of at least 4 members (excludes halogenated alkanes) is 3. The number of carbonyl (C=O) groups excluding carboxylic acids is 1. The summed E-state index contributed by atoms with van der Waals surface area (Å²) >= 11 is -2.85. The second-order valence-electron chi connectivity index (χ2n) is 9.70. The monoisotopic (exact) mass is 566 g/mol. The van der Waals surface area contributed by atoms with Gasteiger partial charge in [0.05, 0.1) is 0 Å². The summed E-state index contributed by atoms with van der Waals surface area (Å²) in [5.41, 5.74) is -0.749. The molecule has 1 heterocycles. The molecule has 0 saturated carbocycles. The molecule has 2 rings (SSSR count). The Balaban J connectivity index is 2.77. The molecule has 184 valence electrons. The Bertz CT molecular complexity index is 970. The van der Waals surface area contributed by atoms with Crippen LogP contribution in [0.25, 0.3) is 11.0 Å². The van der Waals surface area contributed by atoms with Crippen LogP contribution < -0.4 is 13.7 Å². The third kappa shape index (κ3) is 5.95. The molecule has 1 aromatic carbocycles. The molecule has 33 heavy (non-hydrogen) atoms. The second-order valence-corrected chi connectivity index (χ2v) is 22.8. The van der Waals surface area contributed by atoms with Crippen LogP contribution in [0, 0.1) is 0 Å². The number of fused-ring (bicyclic) bond motifs is 1. The van der Waals surface area contributed by atoms with Crippen molar-refractivity contribution >= 4 is 38.9 Å². The fourth-order valence-corrected chi connectivity index (χ4v) is 21.4. The molecular weight excluding hydrogens is 523 g/mol. The zero-order chi connectivity index (χ0) is 24.6. The minimum absolute atomic E-state index is 0.163. The van der Waals surface area contributed by atoms with Gasteiger partial charge in [-0.05, 0) is 0 Å². The van der Waals surface area contributed by atoms with Gasteiger partial charge in [-0.1, -0.05) is 0 Å². The molecule has 0 aliphatic rings. The molecule has 0 N–H and O–H groups in total. The van der Waals surface area contributed by atoms with Gasteiger partial charge in [-0.3, -0.25) is 0 Å². The number of rotatable bonds is 13. The number of benzene rings is 1. The predicted molar refractivity (Wildman–Crippen MR) is 139 cm³/mol. The average Bonchev–Trinajstić information content (AvgIpc) is 2.82. The molecule has 0 amide bonds. The van der Waals surface area contributed by atoms with Crippen molar-refractivity contribution in [3.63, 3.8) is 0 Å². The van der Waals surface area contributed by atoms with Crippen molar-refractivity contribution in [2.24, 2.45) is 0 Å². The topological polar surface area (TPSA) is 65.7 Å². The van der Waals surface area contributed by atoms with E-state index in [9.17, 15) is 9.59 Å². The molecule has 0 spiro atoms. The van der Waals surface area contributed by atoms with E-state index in [4.69, 9.17) is 13.9 Å². The van der Waals surface area contributed by atoms with E-state index in [2.05, 4.69) is 26.8 Å². The van der Waals surface area contributed by atoms with Crippen LogP contribution in [0.1, 0.15) is 78.9 Å². The number of methoxy groups -OCH3 is 2. The summed E-state index contributed by atoms with van der Waals surface area (Å²) in [4.78, 5) is 25.7. The van der Waals surface area contributed by atoms with Crippen LogP contribution in [0.5, 0.6) is 5.75 Å². The van der Waals surface area contributed by atoms with E-state index < -0.39 is 29.8 Å². The van der Waals surface area contributed by atoms with Gasteiger partial charge in [0, 0.05) is 0 Å². The molecule has 0 bridgehead atoms. The van der Waals surface area contributed by atoms with Gasteiger partial charge in [-0.2, -0.15) is 0 Å². The van der Waals surface area contributed by atoms with E-state index in [0.717, 1.165) is 0 Å². The molecule has 0 radical (unpaired) electrons. The summed E-state index contributed by atoms with van der Waals surface area (Å²) in [6, 6.07) is 5.55. The van der Waals surface area contributed by atoms with E-state index in [0.29, 0.717) is 22.5 Å². The van der Waals surface area contributed by atoms with Crippen molar-refractivity contribution < 1.29 is 18.7 Å². The molecular formula is C27H42O5Sn. The third-order valence-electron chi connectivity index (χ3n) is 6.96. The Morgan fingerprint density at radius 3 is 1.97 bits per heavy atom. The maximum absolute atomic E-state index is 13.4. The summed E-state index contributed by atoms with van der Waals surface area (Å²) < 4.78 is 22.2. The standard InChI is InChI=1S/C15H15O5.3C4H9.Sn/c1-15(2,14(17)19-4)12-8-9(16)13-10(18-3)6-5-7-11(13)20-12;3*1-3-4-2;/h5,7-8H,1-4H3;3*1,3-4H2,2H3;. The number of carbonyl (C=O) groups is 1. The van der Waals surface area contributed by atoms with Crippen molar-refractivity contribution in [3.8, 4) is 5.75 Å². The third-order valence-corrected chi connectivity index (χ3v) is 22.6. The van der Waals surface area contributed by atoms with Gasteiger partial charge in [0.15, 0.2) is 0 Å². The quantitative estimate of drug-likeness (QED) is 0.211. The Morgan fingerprint density at radius 2 is 1.52 bits per heavy atom. The Hall–Kier alpha value is -1.50. The van der Waals surface area contributed by atoms with E-state index in [1.165, 1.54) is 68.6 Å². The van der Waals surface area contributed by atoms with E-state index in [1.807, 2.05) is 6.07 Å². The number of hydrogen-bond acceptors (Lipinski definition) is 5. The van der Waals surface area contributed by atoms with Crippen LogP contribution in [0.2, 0.25) is 13.3 Å². The zero-order valence-electron chi connectivity index (χ0n) is 21.6. The molecule has 0 unspecified atom stereocenters. The zero-order valence-corrected chi connectivity index (χ0v) is 24.5. The number of ether oxygens (including phenoxy) is 2. The SMILES string of the molecule is CCC[CH2][Sn]([CH2]CCC)([CH2]CCC)[c]1ccc2oc(C(C)(C)C(=O)OC)cc(=O)c2c1OC. The Kier molecular flexibility index (Phi) is 10.3.